The number of carbonyl (C=O) groups is 1. The van der Waals surface area contributed by atoms with Gasteiger partial charge < -0.3 is 5.32 Å². The zero-order valence-corrected chi connectivity index (χ0v) is 18.6. The van der Waals surface area contributed by atoms with Crippen LogP contribution in [0.3, 0.4) is 0 Å². The summed E-state index contributed by atoms with van der Waals surface area (Å²) in [5.41, 5.74) is 1.20. The van der Waals surface area contributed by atoms with E-state index in [1.807, 2.05) is 30.3 Å². The molecule has 0 aromatic heterocycles. The Balaban J connectivity index is 1.81. The fraction of sp³-hybridized carbons (Fsp3) is 0.136. The highest BCUT2D eigenvalue weighted by Crippen LogP contribution is 2.21. The summed E-state index contributed by atoms with van der Waals surface area (Å²) >= 11 is 11.6. The summed E-state index contributed by atoms with van der Waals surface area (Å²) in [6.45, 7) is -0.334. The predicted octanol–water partition coefficient (Wildman–Crippen LogP) is 5.00. The number of sulfonamides is 1. The van der Waals surface area contributed by atoms with E-state index in [4.69, 9.17) is 23.2 Å². The van der Waals surface area contributed by atoms with Crippen molar-refractivity contribution in [3.05, 3.63) is 94.2 Å². The molecule has 31 heavy (non-hydrogen) atoms. The average Bonchev–Trinajstić information content (AvgIpc) is 2.74. The molecule has 0 aliphatic carbocycles. The highest BCUT2D eigenvalue weighted by molar-refractivity contribution is 7.89. The lowest BCUT2D eigenvalue weighted by Crippen LogP contribution is -2.39. The molecule has 0 saturated heterocycles. The number of nitrogens with zero attached hydrogens (tertiary/aromatic N) is 1. The Morgan fingerprint density at radius 3 is 2.29 bits per heavy atom. The molecule has 0 atom stereocenters. The first-order chi connectivity index (χ1) is 14.8. The molecule has 0 bridgehead atoms. The minimum Gasteiger partial charge on any atom is -0.325 e. The fourth-order valence-electron chi connectivity index (χ4n) is 2.87. The van der Waals surface area contributed by atoms with E-state index in [9.17, 15) is 17.6 Å². The molecule has 9 heteroatoms. The van der Waals surface area contributed by atoms with Crippen molar-refractivity contribution >= 4 is 44.8 Å². The van der Waals surface area contributed by atoms with Crippen LogP contribution in [0.2, 0.25) is 10.0 Å². The van der Waals surface area contributed by atoms with Gasteiger partial charge in [0.25, 0.3) is 0 Å². The first kappa shape index (κ1) is 23.2. The fourth-order valence-corrected chi connectivity index (χ4v) is 4.58. The Morgan fingerprint density at radius 2 is 1.65 bits per heavy atom. The number of hydrogen-bond donors (Lipinski definition) is 1. The Hall–Kier alpha value is -2.45. The van der Waals surface area contributed by atoms with E-state index in [1.54, 1.807) is 0 Å². The standard InChI is InChI=1S/C22H19Cl2FN2O3S/c23-17-6-9-19(10-7-17)31(29,30)27(13-12-16-4-2-1-3-5-16)15-22(28)26-18-8-11-21(25)20(24)14-18/h1-11,14H,12-13,15H2,(H,26,28). The number of halogens is 3. The summed E-state index contributed by atoms with van der Waals surface area (Å²) in [4.78, 5) is 12.6. The third kappa shape index (κ3) is 6.27. The zero-order chi connectivity index (χ0) is 22.4. The molecule has 3 aromatic carbocycles. The molecule has 1 N–H and O–H groups in total. The van der Waals surface area contributed by atoms with Crippen molar-refractivity contribution in [3.8, 4) is 0 Å². The van der Waals surface area contributed by atoms with E-state index < -0.39 is 28.3 Å². The third-order valence-corrected chi connectivity index (χ3v) is 6.87. The smallest absolute Gasteiger partial charge is 0.243 e. The van der Waals surface area contributed by atoms with Crippen LogP contribution in [0, 0.1) is 5.82 Å². The van der Waals surface area contributed by atoms with Gasteiger partial charge in [0.2, 0.25) is 15.9 Å². The van der Waals surface area contributed by atoms with Crippen molar-refractivity contribution in [2.75, 3.05) is 18.4 Å². The second-order valence-corrected chi connectivity index (χ2v) is 9.49. The maximum Gasteiger partial charge on any atom is 0.243 e. The molecule has 0 radical (unpaired) electrons. The molecule has 0 aliphatic rings. The van der Waals surface area contributed by atoms with Crippen molar-refractivity contribution in [3.63, 3.8) is 0 Å². The number of carbonyl (C=O) groups excluding carboxylic acids is 1. The average molecular weight is 481 g/mol. The van der Waals surface area contributed by atoms with Crippen LogP contribution in [-0.2, 0) is 21.2 Å². The maximum atomic E-state index is 13.3. The van der Waals surface area contributed by atoms with Gasteiger partial charge >= 0.3 is 0 Å². The first-order valence-electron chi connectivity index (χ1n) is 9.30. The predicted molar refractivity (Wildman–Crippen MR) is 120 cm³/mol. The minimum absolute atomic E-state index is 0.0302. The first-order valence-corrected chi connectivity index (χ1v) is 11.5. The Kier molecular flexibility index (Phi) is 7.67. The van der Waals surface area contributed by atoms with Gasteiger partial charge in [-0.2, -0.15) is 4.31 Å². The highest BCUT2D eigenvalue weighted by atomic mass is 35.5. The maximum absolute atomic E-state index is 13.3. The Morgan fingerprint density at radius 1 is 0.968 bits per heavy atom. The molecular formula is C22H19Cl2FN2O3S. The van der Waals surface area contributed by atoms with Gasteiger partial charge in [0, 0.05) is 17.3 Å². The lowest BCUT2D eigenvalue weighted by molar-refractivity contribution is -0.116. The van der Waals surface area contributed by atoms with E-state index in [0.29, 0.717) is 11.4 Å². The Bertz CT molecular complexity index is 1160. The monoisotopic (exact) mass is 480 g/mol. The van der Waals surface area contributed by atoms with Gasteiger partial charge in [-0.3, -0.25) is 4.79 Å². The summed E-state index contributed by atoms with van der Waals surface area (Å²) in [7, 11) is -3.96. The van der Waals surface area contributed by atoms with Crippen molar-refractivity contribution in [1.29, 1.82) is 0 Å². The van der Waals surface area contributed by atoms with Crippen LogP contribution in [0.1, 0.15) is 5.56 Å². The molecule has 5 nitrogen and oxygen atoms in total. The molecule has 1 amide bonds. The second-order valence-electron chi connectivity index (χ2n) is 6.71. The van der Waals surface area contributed by atoms with Crippen LogP contribution in [0.15, 0.2) is 77.7 Å². The van der Waals surface area contributed by atoms with Gasteiger partial charge in [0.05, 0.1) is 16.5 Å². The molecule has 0 aliphatic heterocycles. The number of benzene rings is 3. The van der Waals surface area contributed by atoms with Gasteiger partial charge in [-0.25, -0.2) is 12.8 Å². The van der Waals surface area contributed by atoms with Crippen molar-refractivity contribution in [1.82, 2.24) is 4.31 Å². The summed E-state index contributed by atoms with van der Waals surface area (Å²) in [6.07, 6.45) is 0.420. The van der Waals surface area contributed by atoms with Crippen LogP contribution in [0.25, 0.3) is 0 Å². The van der Waals surface area contributed by atoms with E-state index in [0.717, 1.165) is 15.9 Å². The van der Waals surface area contributed by atoms with Crippen LogP contribution >= 0.6 is 23.2 Å². The van der Waals surface area contributed by atoms with E-state index in [-0.39, 0.29) is 22.2 Å². The minimum atomic E-state index is -3.96. The quantitative estimate of drug-likeness (QED) is 0.492. The summed E-state index contributed by atoms with van der Waals surface area (Å²) < 4.78 is 40.8. The number of rotatable bonds is 8. The number of hydrogen-bond acceptors (Lipinski definition) is 3. The van der Waals surface area contributed by atoms with Gasteiger partial charge in [0.15, 0.2) is 0 Å². The van der Waals surface area contributed by atoms with E-state index >= 15 is 0 Å². The topological polar surface area (TPSA) is 66.5 Å². The van der Waals surface area contributed by atoms with Crippen LogP contribution in [-0.4, -0.2) is 31.7 Å². The summed E-state index contributed by atoms with van der Waals surface area (Å²) in [5.74, 6) is -1.19. The SMILES string of the molecule is O=C(CN(CCc1ccccc1)S(=O)(=O)c1ccc(Cl)cc1)Nc1ccc(F)c(Cl)c1. The molecule has 0 heterocycles. The van der Waals surface area contributed by atoms with Gasteiger partial charge in [-0.15, -0.1) is 0 Å². The molecule has 3 aromatic rings. The zero-order valence-electron chi connectivity index (χ0n) is 16.3. The van der Waals surface area contributed by atoms with Crippen LogP contribution in [0.4, 0.5) is 10.1 Å². The van der Waals surface area contributed by atoms with Crippen molar-refractivity contribution in [2.45, 2.75) is 11.3 Å². The molecule has 162 valence electrons. The van der Waals surface area contributed by atoms with Gasteiger partial charge in [-0.1, -0.05) is 53.5 Å². The number of amides is 1. The highest BCUT2D eigenvalue weighted by Gasteiger charge is 2.26. The van der Waals surface area contributed by atoms with Gasteiger partial charge in [0.1, 0.15) is 5.82 Å². The van der Waals surface area contributed by atoms with E-state index in [1.165, 1.54) is 36.4 Å². The molecular weight excluding hydrogens is 462 g/mol. The molecule has 0 spiro atoms. The molecule has 0 fully saturated rings. The van der Waals surface area contributed by atoms with Crippen molar-refractivity contribution in [2.24, 2.45) is 0 Å². The molecule has 3 rings (SSSR count). The number of anilines is 1. The normalized spacial score (nSPS) is 11.5. The third-order valence-electron chi connectivity index (χ3n) is 4.47. The number of nitrogens with one attached hydrogen (secondary N) is 1. The van der Waals surface area contributed by atoms with Gasteiger partial charge in [-0.05, 0) is 54.4 Å². The summed E-state index contributed by atoms with van der Waals surface area (Å²) in [5, 5.41) is 2.81. The lowest BCUT2D eigenvalue weighted by Gasteiger charge is -2.22. The molecule has 0 unspecified atom stereocenters. The Labute approximate surface area is 190 Å². The van der Waals surface area contributed by atoms with Crippen LogP contribution < -0.4 is 5.32 Å². The second kappa shape index (κ2) is 10.2. The largest absolute Gasteiger partial charge is 0.325 e. The van der Waals surface area contributed by atoms with E-state index in [2.05, 4.69) is 5.32 Å². The lowest BCUT2D eigenvalue weighted by atomic mass is 10.1. The molecule has 0 saturated carbocycles. The van der Waals surface area contributed by atoms with Crippen LogP contribution in [0.5, 0.6) is 0 Å². The van der Waals surface area contributed by atoms with Crippen molar-refractivity contribution < 1.29 is 17.6 Å². The summed E-state index contributed by atoms with van der Waals surface area (Å²) in [6, 6.07) is 18.8.